The topological polar surface area (TPSA) is 64.6 Å². The molecular weight excluding hydrogens is 436 g/mol. The average Bonchev–Trinajstić information content (AvgIpc) is 2.80. The predicted molar refractivity (Wildman–Crippen MR) is 134 cm³/mol. The molecule has 1 rings (SSSR count). The van der Waals surface area contributed by atoms with Crippen molar-refractivity contribution in [2.45, 2.75) is 135 Å². The minimum absolute atomic E-state index is 0.480. The van der Waals surface area contributed by atoms with Gasteiger partial charge in [0.15, 0.2) is 5.79 Å². The third-order valence-electron chi connectivity index (χ3n) is 6.11. The Morgan fingerprint density at radius 3 is 1.68 bits per heavy atom. The van der Waals surface area contributed by atoms with E-state index in [1.165, 1.54) is 44.9 Å². The van der Waals surface area contributed by atoms with Gasteiger partial charge >= 0.3 is 0 Å². The molecule has 0 spiro atoms. The van der Waals surface area contributed by atoms with E-state index in [0.29, 0.717) is 19.8 Å². The van der Waals surface area contributed by atoms with E-state index in [0.717, 1.165) is 63.4 Å². The molecule has 0 atom stereocenters. The van der Waals surface area contributed by atoms with Gasteiger partial charge in [0.25, 0.3) is 0 Å². The lowest BCUT2D eigenvalue weighted by atomic mass is 9.97. The van der Waals surface area contributed by atoms with Gasteiger partial charge in [-0.05, 0) is 52.9 Å². The number of rotatable bonds is 17. The molecular formula is C27H52O7. The summed E-state index contributed by atoms with van der Waals surface area (Å²) < 4.78 is 5.15. The van der Waals surface area contributed by atoms with Crippen molar-refractivity contribution < 1.29 is 34.1 Å². The summed E-state index contributed by atoms with van der Waals surface area (Å²) in [7, 11) is 1.59. The first kappa shape index (κ1) is 31.5. The molecule has 7 nitrogen and oxygen atoms in total. The van der Waals surface area contributed by atoms with Gasteiger partial charge in [0, 0.05) is 20.0 Å². The Hall–Kier alpha value is -0.540. The van der Waals surface area contributed by atoms with Crippen LogP contribution in [0.2, 0.25) is 0 Å². The fourth-order valence-electron chi connectivity index (χ4n) is 3.74. The minimum Gasteiger partial charge on any atom is -0.351 e. The van der Waals surface area contributed by atoms with Crippen LogP contribution in [0.25, 0.3) is 0 Å². The van der Waals surface area contributed by atoms with Gasteiger partial charge < -0.3 is 4.74 Å². The molecule has 0 unspecified atom stereocenters. The summed E-state index contributed by atoms with van der Waals surface area (Å²) in [5, 5.41) is 0. The van der Waals surface area contributed by atoms with Gasteiger partial charge in [-0.15, -0.1) is 6.58 Å². The van der Waals surface area contributed by atoms with Crippen molar-refractivity contribution in [3.05, 3.63) is 12.2 Å². The fraction of sp³-hybridized carbons (Fsp3) is 0.926. The van der Waals surface area contributed by atoms with E-state index >= 15 is 0 Å². The Labute approximate surface area is 208 Å². The van der Waals surface area contributed by atoms with Crippen molar-refractivity contribution in [2.24, 2.45) is 0 Å². The summed E-state index contributed by atoms with van der Waals surface area (Å²) in [6, 6.07) is 0. The van der Waals surface area contributed by atoms with Crippen LogP contribution in [0.1, 0.15) is 124 Å². The second-order valence-electron chi connectivity index (χ2n) is 10.0. The first-order chi connectivity index (χ1) is 16.4. The number of methoxy groups -OCH3 is 1. The van der Waals surface area contributed by atoms with Crippen molar-refractivity contribution in [3.8, 4) is 0 Å². The van der Waals surface area contributed by atoms with E-state index in [1.54, 1.807) is 7.11 Å². The normalized spacial score (nSPS) is 18.2. The molecule has 1 saturated carbocycles. The number of unbranched alkanes of at least 4 members (excludes halogenated alkanes) is 3. The molecule has 34 heavy (non-hydrogen) atoms. The molecule has 0 bridgehead atoms. The van der Waals surface area contributed by atoms with E-state index < -0.39 is 11.6 Å². The van der Waals surface area contributed by atoms with Gasteiger partial charge in [-0.2, -0.15) is 9.78 Å². The summed E-state index contributed by atoms with van der Waals surface area (Å²) in [5.74, 6) is -1.54. The van der Waals surface area contributed by atoms with E-state index in [-0.39, 0.29) is 0 Å². The minimum atomic E-state index is -0.826. The van der Waals surface area contributed by atoms with Crippen LogP contribution in [0.3, 0.4) is 0 Å². The van der Waals surface area contributed by atoms with Crippen molar-refractivity contribution in [1.29, 1.82) is 0 Å². The summed E-state index contributed by atoms with van der Waals surface area (Å²) in [6.07, 6.45) is 17.3. The second-order valence-corrected chi connectivity index (χ2v) is 10.0. The summed E-state index contributed by atoms with van der Waals surface area (Å²) in [5.41, 5.74) is 1.08. The number of ether oxygens (including phenoxy) is 1. The maximum Gasteiger partial charge on any atom is 0.233 e. The molecule has 0 saturated heterocycles. The standard InChI is InChI=1S/C27H52O7/c1-25(2)19-24-31-34-27(20-15-11-9-7-6-8-10-12-16-21-27)33-30-23-18-14-13-17-22-29-32-26(3,4)28-5/h1,6-24H2,2-5H3. The van der Waals surface area contributed by atoms with E-state index in [4.69, 9.17) is 34.1 Å². The predicted octanol–water partition coefficient (Wildman–Crippen LogP) is 7.74. The SMILES string of the molecule is C=C(C)CCOOC1(OOCCCCCCOOC(C)(C)OC)CCCCCCCCCCC1. The van der Waals surface area contributed by atoms with E-state index in [9.17, 15) is 0 Å². The van der Waals surface area contributed by atoms with Crippen molar-refractivity contribution in [2.75, 3.05) is 26.9 Å². The first-order valence-corrected chi connectivity index (χ1v) is 13.5. The highest BCUT2D eigenvalue weighted by Gasteiger charge is 2.35. The molecule has 0 aromatic rings. The number of hydrogen-bond donors (Lipinski definition) is 0. The Morgan fingerprint density at radius 1 is 0.706 bits per heavy atom. The zero-order valence-corrected chi connectivity index (χ0v) is 22.5. The molecule has 1 fully saturated rings. The van der Waals surface area contributed by atoms with Crippen LogP contribution in [0, 0.1) is 0 Å². The van der Waals surface area contributed by atoms with Crippen LogP contribution < -0.4 is 0 Å². The Morgan fingerprint density at radius 2 is 1.18 bits per heavy atom. The maximum atomic E-state index is 5.95. The molecule has 0 aromatic heterocycles. The lowest BCUT2D eigenvalue weighted by Crippen LogP contribution is -2.37. The highest BCUT2D eigenvalue weighted by Crippen LogP contribution is 2.30. The van der Waals surface area contributed by atoms with Crippen LogP contribution in [0.5, 0.6) is 0 Å². The van der Waals surface area contributed by atoms with Gasteiger partial charge in [-0.1, -0.05) is 63.4 Å². The molecule has 1 aliphatic carbocycles. The lowest BCUT2D eigenvalue weighted by Gasteiger charge is -2.31. The summed E-state index contributed by atoms with van der Waals surface area (Å²) >= 11 is 0. The molecule has 0 heterocycles. The van der Waals surface area contributed by atoms with Crippen molar-refractivity contribution in [3.63, 3.8) is 0 Å². The first-order valence-electron chi connectivity index (χ1n) is 13.5. The lowest BCUT2D eigenvalue weighted by molar-refractivity contribution is -0.514. The molecule has 202 valence electrons. The monoisotopic (exact) mass is 488 g/mol. The average molecular weight is 489 g/mol. The van der Waals surface area contributed by atoms with Gasteiger partial charge in [-0.3, -0.25) is 0 Å². The zero-order valence-electron chi connectivity index (χ0n) is 22.5. The Balaban J connectivity index is 2.36. The third kappa shape index (κ3) is 17.0. The summed E-state index contributed by atoms with van der Waals surface area (Å²) in [4.78, 5) is 33.5. The zero-order chi connectivity index (χ0) is 25.0. The van der Waals surface area contributed by atoms with Gasteiger partial charge in [0.1, 0.15) is 0 Å². The van der Waals surface area contributed by atoms with Gasteiger partial charge in [0.2, 0.25) is 5.79 Å². The molecule has 7 heteroatoms. The number of hydrogen-bond acceptors (Lipinski definition) is 7. The molecule has 0 radical (unpaired) electrons. The molecule has 0 amide bonds. The third-order valence-corrected chi connectivity index (χ3v) is 6.11. The second kappa shape index (κ2) is 19.6. The van der Waals surface area contributed by atoms with Crippen LogP contribution in [-0.2, 0) is 34.1 Å². The van der Waals surface area contributed by atoms with Crippen molar-refractivity contribution in [1.82, 2.24) is 0 Å². The van der Waals surface area contributed by atoms with Crippen LogP contribution >= 0.6 is 0 Å². The van der Waals surface area contributed by atoms with Crippen LogP contribution in [0.4, 0.5) is 0 Å². The quantitative estimate of drug-likeness (QED) is 0.0682. The highest BCUT2D eigenvalue weighted by atomic mass is 17.3. The molecule has 0 aromatic carbocycles. The van der Waals surface area contributed by atoms with Crippen molar-refractivity contribution >= 4 is 0 Å². The summed E-state index contributed by atoms with van der Waals surface area (Å²) in [6.45, 7) is 11.1. The molecule has 0 N–H and O–H groups in total. The molecule has 1 aliphatic rings. The van der Waals surface area contributed by atoms with E-state index in [1.807, 2.05) is 20.8 Å². The van der Waals surface area contributed by atoms with Crippen LogP contribution in [-0.4, -0.2) is 38.5 Å². The van der Waals surface area contributed by atoms with Gasteiger partial charge in [0.05, 0.1) is 19.8 Å². The highest BCUT2D eigenvalue weighted by molar-refractivity contribution is 4.86. The smallest absolute Gasteiger partial charge is 0.233 e. The fourth-order valence-corrected chi connectivity index (χ4v) is 3.74. The molecule has 0 aliphatic heterocycles. The maximum absolute atomic E-state index is 5.95. The van der Waals surface area contributed by atoms with E-state index in [2.05, 4.69) is 6.58 Å². The van der Waals surface area contributed by atoms with Gasteiger partial charge in [-0.25, -0.2) is 19.6 Å². The Kier molecular flexibility index (Phi) is 18.2. The largest absolute Gasteiger partial charge is 0.351 e. The Bertz CT molecular complexity index is 483. The van der Waals surface area contributed by atoms with Crippen LogP contribution in [0.15, 0.2) is 12.2 Å².